The fourth-order valence-electron chi connectivity index (χ4n) is 1.99. The highest BCUT2D eigenvalue weighted by atomic mass is 32.2. The number of nitrogens with one attached hydrogen (secondary N) is 1. The van der Waals surface area contributed by atoms with Crippen molar-refractivity contribution < 1.29 is 18.0 Å². The Bertz CT molecular complexity index is 848. The van der Waals surface area contributed by atoms with Crippen molar-refractivity contribution in [2.75, 3.05) is 5.32 Å². The average Bonchev–Trinajstić information content (AvgIpc) is 3.09. The summed E-state index contributed by atoms with van der Waals surface area (Å²) in [7, 11) is 0. The van der Waals surface area contributed by atoms with Crippen molar-refractivity contribution in [2.45, 2.75) is 10.4 Å². The van der Waals surface area contributed by atoms with E-state index in [0.29, 0.717) is 5.69 Å². The highest BCUT2D eigenvalue weighted by Gasteiger charge is 2.29. The van der Waals surface area contributed by atoms with Gasteiger partial charge in [-0.05, 0) is 70.7 Å². The lowest BCUT2D eigenvalue weighted by atomic mass is 10.2. The lowest BCUT2D eigenvalue weighted by Crippen LogP contribution is -2.11. The molecule has 6 nitrogen and oxygen atoms in total. The van der Waals surface area contributed by atoms with Gasteiger partial charge in [-0.2, -0.15) is 13.2 Å². The van der Waals surface area contributed by atoms with E-state index in [0.717, 1.165) is 5.69 Å². The second-order valence-electron chi connectivity index (χ2n) is 4.83. The maximum atomic E-state index is 12.3. The number of aromatic nitrogens is 4. The predicted octanol–water partition coefficient (Wildman–Crippen LogP) is 3.53. The Labute approximate surface area is 144 Å². The molecule has 0 saturated carbocycles. The van der Waals surface area contributed by atoms with Crippen molar-refractivity contribution in [2.24, 2.45) is 0 Å². The summed E-state index contributed by atoms with van der Waals surface area (Å²) in [6.45, 7) is 0. The summed E-state index contributed by atoms with van der Waals surface area (Å²) >= 11 is -0.225. The molecule has 128 valence electrons. The number of carbonyl (C=O) groups is 1. The summed E-state index contributed by atoms with van der Waals surface area (Å²) in [5.41, 5.74) is -2.84. The molecule has 2 aromatic carbocycles. The number of hydrogen-bond acceptors (Lipinski definition) is 5. The highest BCUT2D eigenvalue weighted by molar-refractivity contribution is 8.00. The number of rotatable bonds is 4. The molecule has 0 unspecified atom stereocenters. The second-order valence-corrected chi connectivity index (χ2v) is 5.97. The highest BCUT2D eigenvalue weighted by Crippen LogP contribution is 2.36. The zero-order valence-corrected chi connectivity index (χ0v) is 13.3. The number of halogens is 3. The van der Waals surface area contributed by atoms with Crippen LogP contribution in [0.4, 0.5) is 18.9 Å². The molecule has 0 aliphatic heterocycles. The average molecular weight is 365 g/mol. The molecule has 0 bridgehead atoms. The van der Waals surface area contributed by atoms with E-state index < -0.39 is 11.4 Å². The summed E-state index contributed by atoms with van der Waals surface area (Å²) in [5, 5.41) is 13.5. The van der Waals surface area contributed by atoms with Crippen LogP contribution in [0.2, 0.25) is 0 Å². The van der Waals surface area contributed by atoms with Crippen LogP contribution in [0.25, 0.3) is 5.69 Å². The van der Waals surface area contributed by atoms with Crippen molar-refractivity contribution in [3.63, 3.8) is 0 Å². The first kappa shape index (κ1) is 17.0. The maximum absolute atomic E-state index is 12.3. The number of carbonyl (C=O) groups excluding carboxylic acids is 1. The lowest BCUT2D eigenvalue weighted by Gasteiger charge is -2.08. The van der Waals surface area contributed by atoms with Gasteiger partial charge in [0.05, 0.1) is 5.69 Å². The minimum Gasteiger partial charge on any atom is -0.322 e. The maximum Gasteiger partial charge on any atom is 0.446 e. The molecule has 1 heterocycles. The molecule has 10 heteroatoms. The van der Waals surface area contributed by atoms with Crippen molar-refractivity contribution in [1.29, 1.82) is 0 Å². The second kappa shape index (κ2) is 6.93. The van der Waals surface area contributed by atoms with Crippen molar-refractivity contribution in [3.8, 4) is 5.69 Å². The largest absolute Gasteiger partial charge is 0.446 e. The van der Waals surface area contributed by atoms with Gasteiger partial charge in [0.25, 0.3) is 5.91 Å². The molecule has 0 aliphatic rings. The summed E-state index contributed by atoms with van der Waals surface area (Å²) in [6.07, 6.45) is 1.44. The molecule has 0 radical (unpaired) electrons. The van der Waals surface area contributed by atoms with Gasteiger partial charge >= 0.3 is 5.51 Å². The van der Waals surface area contributed by atoms with E-state index in [1.807, 2.05) is 0 Å². The number of thioether (sulfide) groups is 1. The minimum atomic E-state index is -4.36. The number of hydrogen-bond donors (Lipinski definition) is 1. The molecule has 3 rings (SSSR count). The van der Waals surface area contributed by atoms with Crippen molar-refractivity contribution >= 4 is 23.4 Å². The molecule has 3 aromatic rings. The zero-order chi connectivity index (χ0) is 17.9. The third-order valence-corrected chi connectivity index (χ3v) is 3.83. The summed E-state index contributed by atoms with van der Waals surface area (Å²) < 4.78 is 38.3. The van der Waals surface area contributed by atoms with Gasteiger partial charge in [0.1, 0.15) is 6.33 Å². The lowest BCUT2D eigenvalue weighted by molar-refractivity contribution is -0.0328. The summed E-state index contributed by atoms with van der Waals surface area (Å²) in [4.78, 5) is 12.2. The van der Waals surface area contributed by atoms with Crippen LogP contribution >= 0.6 is 11.8 Å². The Hall–Kier alpha value is -2.88. The molecule has 1 amide bonds. The SMILES string of the molecule is O=C(Nc1ccc(-n2cnnn2)cc1)c1ccc(SC(F)(F)F)cc1. The first-order valence-corrected chi connectivity index (χ1v) is 7.73. The molecule has 0 spiro atoms. The molecule has 1 N–H and O–H groups in total. The van der Waals surface area contributed by atoms with E-state index in [1.54, 1.807) is 24.3 Å². The normalized spacial score (nSPS) is 11.3. The van der Waals surface area contributed by atoms with Gasteiger partial charge in [-0.1, -0.05) is 0 Å². The van der Waals surface area contributed by atoms with E-state index in [9.17, 15) is 18.0 Å². The number of anilines is 1. The first-order valence-electron chi connectivity index (χ1n) is 6.91. The quantitative estimate of drug-likeness (QED) is 0.716. The van der Waals surface area contributed by atoms with E-state index in [-0.39, 0.29) is 22.2 Å². The van der Waals surface area contributed by atoms with Crippen LogP contribution in [0.5, 0.6) is 0 Å². The van der Waals surface area contributed by atoms with Crippen LogP contribution in [-0.4, -0.2) is 31.6 Å². The third kappa shape index (κ3) is 4.57. The monoisotopic (exact) mass is 365 g/mol. The Morgan fingerprint density at radius 3 is 2.28 bits per heavy atom. The van der Waals surface area contributed by atoms with Crippen LogP contribution in [-0.2, 0) is 0 Å². The zero-order valence-electron chi connectivity index (χ0n) is 12.4. The van der Waals surface area contributed by atoms with Crippen LogP contribution in [0.1, 0.15) is 10.4 Å². The van der Waals surface area contributed by atoms with Gasteiger partial charge in [0, 0.05) is 16.1 Å². The standard InChI is InChI=1S/C15H10F3N5OS/c16-15(17,18)25-13-7-1-10(2-8-13)14(24)20-11-3-5-12(6-4-11)23-9-19-21-22-23/h1-9H,(H,20,24). The number of amides is 1. The van der Waals surface area contributed by atoms with Crippen LogP contribution in [0, 0.1) is 0 Å². The Kier molecular flexibility index (Phi) is 4.70. The molecule has 0 saturated heterocycles. The topological polar surface area (TPSA) is 72.7 Å². The van der Waals surface area contributed by atoms with E-state index in [4.69, 9.17) is 0 Å². The van der Waals surface area contributed by atoms with Gasteiger partial charge in [0.15, 0.2) is 0 Å². The van der Waals surface area contributed by atoms with Gasteiger partial charge in [0.2, 0.25) is 0 Å². The van der Waals surface area contributed by atoms with Crippen LogP contribution < -0.4 is 5.32 Å². The Morgan fingerprint density at radius 2 is 1.72 bits per heavy atom. The fraction of sp³-hybridized carbons (Fsp3) is 0.0667. The molecule has 0 atom stereocenters. The van der Waals surface area contributed by atoms with Gasteiger partial charge in [-0.3, -0.25) is 4.79 Å². The van der Waals surface area contributed by atoms with E-state index in [2.05, 4.69) is 20.8 Å². The molecular formula is C15H10F3N5OS. The fourth-order valence-corrected chi connectivity index (χ4v) is 2.53. The summed E-state index contributed by atoms with van der Waals surface area (Å²) in [5.74, 6) is -0.418. The number of alkyl halides is 3. The number of tetrazole rings is 1. The van der Waals surface area contributed by atoms with Gasteiger partial charge < -0.3 is 5.32 Å². The molecular weight excluding hydrogens is 355 g/mol. The smallest absolute Gasteiger partial charge is 0.322 e. The molecule has 1 aromatic heterocycles. The summed E-state index contributed by atoms with van der Waals surface area (Å²) in [6, 6.07) is 12.0. The van der Waals surface area contributed by atoms with E-state index in [1.165, 1.54) is 35.3 Å². The molecule has 0 fully saturated rings. The van der Waals surface area contributed by atoms with Crippen LogP contribution in [0.3, 0.4) is 0 Å². The first-order chi connectivity index (χ1) is 11.9. The van der Waals surface area contributed by atoms with E-state index >= 15 is 0 Å². The van der Waals surface area contributed by atoms with Crippen molar-refractivity contribution in [3.05, 3.63) is 60.4 Å². The van der Waals surface area contributed by atoms with Gasteiger partial charge in [-0.25, -0.2) is 4.68 Å². The van der Waals surface area contributed by atoms with Crippen molar-refractivity contribution in [1.82, 2.24) is 20.2 Å². The Morgan fingerprint density at radius 1 is 1.04 bits per heavy atom. The number of benzene rings is 2. The predicted molar refractivity (Wildman–Crippen MR) is 85.5 cm³/mol. The third-order valence-electron chi connectivity index (χ3n) is 3.09. The molecule has 25 heavy (non-hydrogen) atoms. The van der Waals surface area contributed by atoms with Gasteiger partial charge in [-0.15, -0.1) is 5.10 Å². The van der Waals surface area contributed by atoms with Crippen LogP contribution in [0.15, 0.2) is 59.8 Å². The molecule has 0 aliphatic carbocycles. The Balaban J connectivity index is 1.65. The number of nitrogens with zero attached hydrogens (tertiary/aromatic N) is 4. The minimum absolute atomic E-state index is 0.0230.